The number of benzene rings is 1. The molecule has 1 aromatic carbocycles. The fourth-order valence-electron chi connectivity index (χ4n) is 2.45. The molecule has 2 heteroatoms. The molecule has 0 aromatic heterocycles. The first-order chi connectivity index (χ1) is 8.31. The highest BCUT2D eigenvalue weighted by molar-refractivity contribution is 5.51. The van der Waals surface area contributed by atoms with Gasteiger partial charge in [0, 0.05) is 25.3 Å². The van der Waals surface area contributed by atoms with Gasteiger partial charge in [0.2, 0.25) is 0 Å². The van der Waals surface area contributed by atoms with Crippen molar-refractivity contribution in [3.63, 3.8) is 0 Å². The molecule has 0 bridgehead atoms. The molecule has 1 heterocycles. The lowest BCUT2D eigenvalue weighted by molar-refractivity contribution is 0.673. The molecule has 0 amide bonds. The smallest absolute Gasteiger partial charge is 0.0369 e. The summed E-state index contributed by atoms with van der Waals surface area (Å²) in [6.45, 7) is 8.99. The Morgan fingerprint density at radius 1 is 1.24 bits per heavy atom. The van der Waals surface area contributed by atoms with Crippen molar-refractivity contribution in [2.75, 3.05) is 24.5 Å². The van der Waals surface area contributed by atoms with E-state index in [1.807, 2.05) is 0 Å². The second-order valence-electron chi connectivity index (χ2n) is 4.98. The molecule has 1 aromatic rings. The van der Waals surface area contributed by atoms with Gasteiger partial charge in [0.05, 0.1) is 0 Å². The first-order valence-corrected chi connectivity index (χ1v) is 6.86. The van der Waals surface area contributed by atoms with E-state index in [-0.39, 0.29) is 0 Å². The number of rotatable bonds is 5. The fraction of sp³-hybridized carbons (Fsp3) is 0.600. The van der Waals surface area contributed by atoms with Crippen LogP contribution in [-0.4, -0.2) is 19.6 Å². The summed E-state index contributed by atoms with van der Waals surface area (Å²) in [5.41, 5.74) is 4.25. The third kappa shape index (κ3) is 3.22. The highest BCUT2D eigenvalue weighted by Crippen LogP contribution is 2.22. The highest BCUT2D eigenvalue weighted by atomic mass is 15.1. The van der Waals surface area contributed by atoms with Gasteiger partial charge in [-0.25, -0.2) is 0 Å². The Hall–Kier alpha value is -1.02. The molecule has 0 saturated carbocycles. The molecular weight excluding hydrogens is 208 g/mol. The minimum Gasteiger partial charge on any atom is -0.372 e. The Labute approximate surface area is 105 Å². The summed E-state index contributed by atoms with van der Waals surface area (Å²) in [7, 11) is 0. The molecule has 2 nitrogen and oxygen atoms in total. The van der Waals surface area contributed by atoms with Crippen LogP contribution in [0.25, 0.3) is 0 Å². The second kappa shape index (κ2) is 6.06. The normalized spacial score (nSPS) is 15.5. The van der Waals surface area contributed by atoms with Gasteiger partial charge in [-0.05, 0) is 56.0 Å². The van der Waals surface area contributed by atoms with Crippen LogP contribution in [0.1, 0.15) is 37.3 Å². The molecule has 1 fully saturated rings. The minimum absolute atomic E-state index is 1.000. The number of hydrogen-bond acceptors (Lipinski definition) is 2. The zero-order valence-electron chi connectivity index (χ0n) is 11.1. The lowest BCUT2D eigenvalue weighted by Crippen LogP contribution is -2.18. The molecule has 0 spiro atoms. The molecular formula is C15H24N2. The lowest BCUT2D eigenvalue weighted by atomic mass is 10.1. The number of nitrogens with one attached hydrogen (secondary N) is 1. The summed E-state index contributed by atoms with van der Waals surface area (Å²) >= 11 is 0. The molecule has 1 saturated heterocycles. The Kier molecular flexibility index (Phi) is 4.43. The third-order valence-corrected chi connectivity index (χ3v) is 3.54. The molecule has 2 rings (SSSR count). The SMILES string of the molecule is CCCNCc1ccc(N2CCCC2)cc1C. The largest absolute Gasteiger partial charge is 0.372 e. The van der Waals surface area contributed by atoms with Crippen molar-refractivity contribution in [3.8, 4) is 0 Å². The molecule has 0 radical (unpaired) electrons. The Morgan fingerprint density at radius 2 is 2.00 bits per heavy atom. The van der Waals surface area contributed by atoms with Gasteiger partial charge < -0.3 is 10.2 Å². The highest BCUT2D eigenvalue weighted by Gasteiger charge is 2.12. The van der Waals surface area contributed by atoms with Crippen LogP contribution in [0.3, 0.4) is 0 Å². The average molecular weight is 232 g/mol. The van der Waals surface area contributed by atoms with E-state index >= 15 is 0 Å². The summed E-state index contributed by atoms with van der Waals surface area (Å²) in [6.07, 6.45) is 3.89. The Morgan fingerprint density at radius 3 is 2.65 bits per heavy atom. The quantitative estimate of drug-likeness (QED) is 0.785. The molecule has 17 heavy (non-hydrogen) atoms. The average Bonchev–Trinajstić information content (AvgIpc) is 2.85. The molecule has 0 unspecified atom stereocenters. The van der Waals surface area contributed by atoms with E-state index in [2.05, 4.69) is 42.3 Å². The van der Waals surface area contributed by atoms with Crippen LogP contribution in [0.15, 0.2) is 18.2 Å². The van der Waals surface area contributed by atoms with E-state index in [1.165, 1.54) is 49.2 Å². The maximum atomic E-state index is 3.47. The summed E-state index contributed by atoms with van der Waals surface area (Å²) < 4.78 is 0. The van der Waals surface area contributed by atoms with Crippen LogP contribution >= 0.6 is 0 Å². The second-order valence-corrected chi connectivity index (χ2v) is 4.98. The van der Waals surface area contributed by atoms with Gasteiger partial charge in [-0.15, -0.1) is 0 Å². The van der Waals surface area contributed by atoms with Crippen LogP contribution in [0.2, 0.25) is 0 Å². The van der Waals surface area contributed by atoms with Gasteiger partial charge in [0.1, 0.15) is 0 Å². The van der Waals surface area contributed by atoms with E-state index in [9.17, 15) is 0 Å². The van der Waals surface area contributed by atoms with E-state index in [4.69, 9.17) is 0 Å². The molecule has 1 aliphatic rings. The standard InChI is InChI=1S/C15H24N2/c1-3-8-16-12-14-6-7-15(11-13(14)2)17-9-4-5-10-17/h6-7,11,16H,3-5,8-10,12H2,1-2H3. The van der Waals surface area contributed by atoms with Crippen molar-refractivity contribution in [2.45, 2.75) is 39.7 Å². The molecule has 0 atom stereocenters. The fourth-order valence-corrected chi connectivity index (χ4v) is 2.45. The Bertz CT molecular complexity index is 354. The Balaban J connectivity index is 2.00. The molecule has 0 aliphatic carbocycles. The van der Waals surface area contributed by atoms with E-state index < -0.39 is 0 Å². The van der Waals surface area contributed by atoms with Crippen molar-refractivity contribution < 1.29 is 0 Å². The minimum atomic E-state index is 1.000. The van der Waals surface area contributed by atoms with Gasteiger partial charge in [-0.2, -0.15) is 0 Å². The first-order valence-electron chi connectivity index (χ1n) is 6.86. The summed E-state index contributed by atoms with van der Waals surface area (Å²) in [4.78, 5) is 2.50. The summed E-state index contributed by atoms with van der Waals surface area (Å²) in [6, 6.07) is 6.90. The van der Waals surface area contributed by atoms with Crippen molar-refractivity contribution in [1.82, 2.24) is 5.32 Å². The van der Waals surface area contributed by atoms with Crippen LogP contribution in [0, 0.1) is 6.92 Å². The predicted octanol–water partition coefficient (Wildman–Crippen LogP) is 3.09. The maximum Gasteiger partial charge on any atom is 0.0369 e. The van der Waals surface area contributed by atoms with Crippen LogP contribution in [0.5, 0.6) is 0 Å². The van der Waals surface area contributed by atoms with Crippen molar-refractivity contribution >= 4 is 5.69 Å². The van der Waals surface area contributed by atoms with E-state index in [1.54, 1.807) is 0 Å². The van der Waals surface area contributed by atoms with E-state index in [0.29, 0.717) is 0 Å². The van der Waals surface area contributed by atoms with Crippen molar-refractivity contribution in [3.05, 3.63) is 29.3 Å². The lowest BCUT2D eigenvalue weighted by Gasteiger charge is -2.19. The molecule has 1 aliphatic heterocycles. The maximum absolute atomic E-state index is 3.47. The number of nitrogens with zero attached hydrogens (tertiary/aromatic N) is 1. The monoisotopic (exact) mass is 232 g/mol. The molecule has 1 N–H and O–H groups in total. The van der Waals surface area contributed by atoms with Crippen LogP contribution < -0.4 is 10.2 Å². The predicted molar refractivity (Wildman–Crippen MR) is 74.6 cm³/mol. The number of anilines is 1. The zero-order chi connectivity index (χ0) is 12.1. The van der Waals surface area contributed by atoms with Gasteiger partial charge in [-0.1, -0.05) is 13.0 Å². The zero-order valence-corrected chi connectivity index (χ0v) is 11.1. The van der Waals surface area contributed by atoms with Gasteiger partial charge in [0.15, 0.2) is 0 Å². The van der Waals surface area contributed by atoms with Crippen LogP contribution in [0.4, 0.5) is 5.69 Å². The van der Waals surface area contributed by atoms with E-state index in [0.717, 1.165) is 13.1 Å². The van der Waals surface area contributed by atoms with Gasteiger partial charge in [0.25, 0.3) is 0 Å². The first kappa shape index (κ1) is 12.4. The topological polar surface area (TPSA) is 15.3 Å². The van der Waals surface area contributed by atoms with Crippen molar-refractivity contribution in [1.29, 1.82) is 0 Å². The van der Waals surface area contributed by atoms with Crippen molar-refractivity contribution in [2.24, 2.45) is 0 Å². The van der Waals surface area contributed by atoms with Crippen LogP contribution in [-0.2, 0) is 6.54 Å². The number of hydrogen-bond donors (Lipinski definition) is 1. The summed E-state index contributed by atoms with van der Waals surface area (Å²) in [5.74, 6) is 0. The summed E-state index contributed by atoms with van der Waals surface area (Å²) in [5, 5.41) is 3.47. The van der Waals surface area contributed by atoms with Gasteiger partial charge >= 0.3 is 0 Å². The number of aryl methyl sites for hydroxylation is 1. The third-order valence-electron chi connectivity index (χ3n) is 3.54. The molecule has 94 valence electrons. The van der Waals surface area contributed by atoms with Gasteiger partial charge in [-0.3, -0.25) is 0 Å².